The highest BCUT2D eigenvalue weighted by Gasteiger charge is 2.53. The van der Waals surface area contributed by atoms with Gasteiger partial charge in [-0.1, -0.05) is 34.1 Å². The van der Waals surface area contributed by atoms with Gasteiger partial charge in [0.25, 0.3) is 0 Å². The predicted octanol–water partition coefficient (Wildman–Crippen LogP) is 4.92. The van der Waals surface area contributed by atoms with E-state index in [1.807, 2.05) is 59.3 Å². The van der Waals surface area contributed by atoms with E-state index >= 15 is 0 Å². The number of fused-ring (bicyclic) bond motifs is 1. The van der Waals surface area contributed by atoms with Crippen molar-refractivity contribution >= 4 is 29.3 Å². The molecule has 2 atom stereocenters. The summed E-state index contributed by atoms with van der Waals surface area (Å²) in [4.78, 5) is 0. The SMILES string of the molecule is O=P1(Oc2ccc(Br)cc2)N(c2ccccc2)CC2CCCN21. The Morgan fingerprint density at radius 2 is 1.83 bits per heavy atom. The maximum Gasteiger partial charge on any atom is 0.422 e. The number of hydrogen-bond donors (Lipinski definition) is 0. The average molecular weight is 393 g/mol. The van der Waals surface area contributed by atoms with E-state index in [1.165, 1.54) is 0 Å². The zero-order chi connectivity index (χ0) is 15.9. The van der Waals surface area contributed by atoms with Gasteiger partial charge in [0.05, 0.1) is 0 Å². The lowest BCUT2D eigenvalue weighted by molar-refractivity contribution is 0.374. The maximum absolute atomic E-state index is 13.8. The molecule has 4 rings (SSSR count). The first-order valence-electron chi connectivity index (χ1n) is 7.82. The monoisotopic (exact) mass is 392 g/mol. The molecule has 2 aromatic rings. The lowest BCUT2D eigenvalue weighted by Gasteiger charge is -2.30. The topological polar surface area (TPSA) is 32.8 Å². The number of anilines is 1. The third-order valence-electron chi connectivity index (χ3n) is 4.45. The molecule has 4 nitrogen and oxygen atoms in total. The van der Waals surface area contributed by atoms with Gasteiger partial charge in [-0.15, -0.1) is 0 Å². The fraction of sp³-hybridized carbons (Fsp3) is 0.294. The van der Waals surface area contributed by atoms with Crippen molar-refractivity contribution in [2.45, 2.75) is 18.9 Å². The molecule has 0 bridgehead atoms. The lowest BCUT2D eigenvalue weighted by Crippen LogP contribution is -2.23. The van der Waals surface area contributed by atoms with Gasteiger partial charge >= 0.3 is 7.67 Å². The average Bonchev–Trinajstić information content (AvgIpc) is 3.13. The number of halogens is 1. The van der Waals surface area contributed by atoms with Gasteiger partial charge < -0.3 is 4.52 Å². The van der Waals surface area contributed by atoms with Crippen LogP contribution in [-0.2, 0) is 4.57 Å². The smallest absolute Gasteiger partial charge is 0.418 e. The second-order valence-electron chi connectivity index (χ2n) is 5.91. The van der Waals surface area contributed by atoms with E-state index in [9.17, 15) is 4.57 Å². The Morgan fingerprint density at radius 3 is 2.57 bits per heavy atom. The number of para-hydroxylation sites is 1. The zero-order valence-corrected chi connectivity index (χ0v) is 15.1. The molecule has 2 unspecified atom stereocenters. The highest BCUT2D eigenvalue weighted by Crippen LogP contribution is 2.62. The van der Waals surface area contributed by atoms with Crippen LogP contribution in [0.25, 0.3) is 0 Å². The summed E-state index contributed by atoms with van der Waals surface area (Å²) in [7, 11) is -3.09. The van der Waals surface area contributed by atoms with E-state index in [-0.39, 0.29) is 0 Å². The quantitative estimate of drug-likeness (QED) is 0.693. The number of hydrogen-bond acceptors (Lipinski definition) is 2. The zero-order valence-electron chi connectivity index (χ0n) is 12.6. The molecule has 0 aliphatic carbocycles. The standard InChI is InChI=1S/C17H18BrN2O2P/c18-14-8-10-17(11-9-14)22-23(21)19-12-4-7-16(19)13-20(23)15-5-2-1-3-6-15/h1-3,5-6,8-11,16H,4,7,12-13H2. The van der Waals surface area contributed by atoms with Crippen molar-refractivity contribution < 1.29 is 9.09 Å². The van der Waals surface area contributed by atoms with E-state index in [0.717, 1.165) is 36.1 Å². The van der Waals surface area contributed by atoms with Crippen LogP contribution < -0.4 is 9.19 Å². The third kappa shape index (κ3) is 2.71. The van der Waals surface area contributed by atoms with Crippen LogP contribution in [0.4, 0.5) is 5.69 Å². The van der Waals surface area contributed by atoms with Gasteiger partial charge in [-0.3, -0.25) is 4.67 Å². The van der Waals surface area contributed by atoms with Crippen molar-refractivity contribution in [3.05, 3.63) is 59.1 Å². The molecule has 23 heavy (non-hydrogen) atoms. The normalized spacial score (nSPS) is 27.2. The Hall–Kier alpha value is -1.29. The molecular formula is C17H18BrN2O2P. The van der Waals surface area contributed by atoms with Gasteiger partial charge in [0.15, 0.2) is 0 Å². The molecule has 2 aliphatic rings. The van der Waals surface area contributed by atoms with E-state index in [4.69, 9.17) is 4.52 Å². The molecule has 0 aromatic heterocycles. The first kappa shape index (κ1) is 15.3. The van der Waals surface area contributed by atoms with Crippen LogP contribution in [0, 0.1) is 0 Å². The van der Waals surface area contributed by atoms with Crippen molar-refractivity contribution in [3.63, 3.8) is 0 Å². The summed E-state index contributed by atoms with van der Waals surface area (Å²) in [5, 5.41) is 0. The van der Waals surface area contributed by atoms with Gasteiger partial charge in [0.2, 0.25) is 0 Å². The predicted molar refractivity (Wildman–Crippen MR) is 95.9 cm³/mol. The molecule has 2 saturated heterocycles. The summed E-state index contributed by atoms with van der Waals surface area (Å²) in [6.07, 6.45) is 2.16. The number of rotatable bonds is 3. The van der Waals surface area contributed by atoms with E-state index in [2.05, 4.69) is 20.6 Å². The van der Waals surface area contributed by atoms with Crippen molar-refractivity contribution in [3.8, 4) is 5.75 Å². The second kappa shape index (κ2) is 5.97. The molecule has 2 aliphatic heterocycles. The maximum atomic E-state index is 13.8. The number of benzene rings is 2. The minimum Gasteiger partial charge on any atom is -0.418 e. The minimum absolute atomic E-state index is 0.316. The van der Waals surface area contributed by atoms with Gasteiger partial charge in [0, 0.05) is 29.3 Å². The van der Waals surface area contributed by atoms with Crippen LogP contribution in [0.2, 0.25) is 0 Å². The molecular weight excluding hydrogens is 375 g/mol. The molecule has 0 amide bonds. The molecule has 0 radical (unpaired) electrons. The minimum atomic E-state index is -3.09. The fourth-order valence-corrected chi connectivity index (χ4v) is 6.32. The van der Waals surface area contributed by atoms with E-state index in [0.29, 0.717) is 11.8 Å². The van der Waals surface area contributed by atoms with Crippen LogP contribution >= 0.6 is 23.6 Å². The number of nitrogens with zero attached hydrogens (tertiary/aromatic N) is 2. The first-order chi connectivity index (χ1) is 11.2. The van der Waals surface area contributed by atoms with Gasteiger partial charge in [-0.25, -0.2) is 4.57 Å². The van der Waals surface area contributed by atoms with Crippen molar-refractivity contribution in [1.29, 1.82) is 0 Å². The van der Waals surface area contributed by atoms with Crippen molar-refractivity contribution in [2.75, 3.05) is 17.8 Å². The Labute approximate surface area is 144 Å². The Balaban J connectivity index is 1.71. The van der Waals surface area contributed by atoms with Crippen LogP contribution in [0.3, 0.4) is 0 Å². The summed E-state index contributed by atoms with van der Waals surface area (Å²) in [6.45, 7) is 1.60. The van der Waals surface area contributed by atoms with Gasteiger partial charge in [-0.05, 0) is 49.2 Å². The lowest BCUT2D eigenvalue weighted by atomic mass is 10.2. The van der Waals surface area contributed by atoms with Crippen LogP contribution in [0.15, 0.2) is 59.1 Å². The fourth-order valence-electron chi connectivity index (χ4n) is 3.37. The van der Waals surface area contributed by atoms with Crippen LogP contribution in [-0.4, -0.2) is 23.8 Å². The van der Waals surface area contributed by atoms with Crippen LogP contribution in [0.5, 0.6) is 5.75 Å². The molecule has 2 heterocycles. The molecule has 120 valence electrons. The largest absolute Gasteiger partial charge is 0.422 e. The summed E-state index contributed by atoms with van der Waals surface area (Å²) in [5.41, 5.74) is 0.961. The van der Waals surface area contributed by atoms with E-state index < -0.39 is 7.67 Å². The summed E-state index contributed by atoms with van der Waals surface area (Å²) >= 11 is 3.42. The summed E-state index contributed by atoms with van der Waals surface area (Å²) in [5.74, 6) is 0.644. The third-order valence-corrected chi connectivity index (χ3v) is 7.61. The molecule has 0 N–H and O–H groups in total. The highest BCUT2D eigenvalue weighted by atomic mass is 79.9. The summed E-state index contributed by atoms with van der Waals surface area (Å²) < 4.78 is 24.9. The van der Waals surface area contributed by atoms with E-state index in [1.54, 1.807) is 0 Å². The molecule has 2 aromatic carbocycles. The van der Waals surface area contributed by atoms with Crippen LogP contribution in [0.1, 0.15) is 12.8 Å². The Bertz CT molecular complexity index is 738. The highest BCUT2D eigenvalue weighted by molar-refractivity contribution is 9.10. The first-order valence-corrected chi connectivity index (χ1v) is 10.1. The van der Waals surface area contributed by atoms with Crippen molar-refractivity contribution in [1.82, 2.24) is 4.67 Å². The Kier molecular flexibility index (Phi) is 3.96. The van der Waals surface area contributed by atoms with Crippen molar-refractivity contribution in [2.24, 2.45) is 0 Å². The Morgan fingerprint density at radius 1 is 1.09 bits per heavy atom. The molecule has 6 heteroatoms. The summed E-state index contributed by atoms with van der Waals surface area (Å²) in [6, 6.07) is 17.8. The molecule has 0 spiro atoms. The molecule has 2 fully saturated rings. The second-order valence-corrected chi connectivity index (χ2v) is 8.99. The van der Waals surface area contributed by atoms with Gasteiger partial charge in [-0.2, -0.15) is 4.67 Å². The molecule has 0 saturated carbocycles. The van der Waals surface area contributed by atoms with Gasteiger partial charge in [0.1, 0.15) is 5.75 Å².